The van der Waals surface area contributed by atoms with Gasteiger partial charge in [-0.05, 0) is 29.4 Å². The topological polar surface area (TPSA) is 57.0 Å². The maximum absolute atomic E-state index is 11.2. The number of hydrogen-bond donors (Lipinski definition) is 0. The van der Waals surface area contributed by atoms with Crippen LogP contribution in [0.25, 0.3) is 0 Å². The summed E-state index contributed by atoms with van der Waals surface area (Å²) < 4.78 is 7.52. The quantitative estimate of drug-likeness (QED) is 0.813. The molecule has 1 unspecified atom stereocenters. The number of benzene rings is 1. The number of aldehydes is 1. The van der Waals surface area contributed by atoms with Crippen LogP contribution in [0.3, 0.4) is 0 Å². The first-order valence-corrected chi connectivity index (χ1v) is 8.08. The van der Waals surface area contributed by atoms with E-state index in [4.69, 9.17) is 4.74 Å². The number of hydrogen-bond acceptors (Lipinski definition) is 4. The van der Waals surface area contributed by atoms with Crippen LogP contribution < -0.4 is 0 Å². The van der Waals surface area contributed by atoms with Crippen LogP contribution in [0.2, 0.25) is 0 Å². The first-order valence-electron chi connectivity index (χ1n) is 8.08. The molecular formula is C18H23N3O2. The molecule has 23 heavy (non-hydrogen) atoms. The Balaban J connectivity index is 1.85. The van der Waals surface area contributed by atoms with E-state index in [0.717, 1.165) is 37.0 Å². The van der Waals surface area contributed by atoms with Crippen molar-refractivity contribution in [3.05, 3.63) is 46.8 Å². The van der Waals surface area contributed by atoms with Crippen molar-refractivity contribution < 1.29 is 9.53 Å². The van der Waals surface area contributed by atoms with E-state index in [1.165, 1.54) is 5.56 Å². The average Bonchev–Trinajstić information content (AvgIpc) is 3.15. The van der Waals surface area contributed by atoms with Crippen molar-refractivity contribution in [1.29, 1.82) is 0 Å². The summed E-state index contributed by atoms with van der Waals surface area (Å²) in [7, 11) is 0. The molecule has 2 heterocycles. The molecule has 1 aromatic heterocycles. The zero-order valence-corrected chi connectivity index (χ0v) is 14.0. The van der Waals surface area contributed by atoms with Gasteiger partial charge in [0.1, 0.15) is 6.10 Å². The Labute approximate surface area is 136 Å². The van der Waals surface area contributed by atoms with Crippen molar-refractivity contribution in [2.24, 2.45) is 0 Å². The van der Waals surface area contributed by atoms with Crippen LogP contribution in [0.5, 0.6) is 0 Å². The van der Waals surface area contributed by atoms with Crippen molar-refractivity contribution in [3.8, 4) is 0 Å². The van der Waals surface area contributed by atoms with Crippen LogP contribution >= 0.6 is 0 Å². The molecule has 0 bridgehead atoms. The fourth-order valence-corrected chi connectivity index (χ4v) is 2.94. The van der Waals surface area contributed by atoms with E-state index in [2.05, 4.69) is 55.3 Å². The summed E-state index contributed by atoms with van der Waals surface area (Å²) in [6.45, 7) is 7.93. The van der Waals surface area contributed by atoms with Gasteiger partial charge in [-0.15, -0.1) is 5.10 Å². The Morgan fingerprint density at radius 1 is 1.30 bits per heavy atom. The maximum atomic E-state index is 11.2. The van der Waals surface area contributed by atoms with Gasteiger partial charge >= 0.3 is 0 Å². The predicted molar refractivity (Wildman–Crippen MR) is 87.6 cm³/mol. The monoisotopic (exact) mass is 313 g/mol. The molecule has 122 valence electrons. The van der Waals surface area contributed by atoms with Gasteiger partial charge in [0.15, 0.2) is 12.0 Å². The van der Waals surface area contributed by atoms with Gasteiger partial charge in [0.25, 0.3) is 0 Å². The molecule has 5 nitrogen and oxygen atoms in total. The van der Waals surface area contributed by atoms with E-state index in [0.29, 0.717) is 12.2 Å². The molecule has 0 aliphatic carbocycles. The summed E-state index contributed by atoms with van der Waals surface area (Å²) in [5.41, 5.74) is 3.77. The molecule has 0 N–H and O–H groups in total. The Morgan fingerprint density at radius 2 is 2.04 bits per heavy atom. The van der Waals surface area contributed by atoms with E-state index in [-0.39, 0.29) is 11.5 Å². The van der Waals surface area contributed by atoms with Gasteiger partial charge in [0, 0.05) is 6.61 Å². The Hall–Kier alpha value is -2.01. The zero-order chi connectivity index (χ0) is 16.4. The predicted octanol–water partition coefficient (Wildman–Crippen LogP) is 3.29. The van der Waals surface area contributed by atoms with E-state index in [9.17, 15) is 4.79 Å². The molecule has 0 radical (unpaired) electrons. The number of ether oxygens (including phenoxy) is 1. The lowest BCUT2D eigenvalue weighted by Crippen LogP contribution is -2.13. The first kappa shape index (κ1) is 15.9. The summed E-state index contributed by atoms with van der Waals surface area (Å²) >= 11 is 0. The fraction of sp³-hybridized carbons (Fsp3) is 0.500. The van der Waals surface area contributed by atoms with Gasteiger partial charge in [-0.25, -0.2) is 4.68 Å². The molecule has 1 fully saturated rings. The van der Waals surface area contributed by atoms with E-state index >= 15 is 0 Å². The number of nitrogens with zero attached hydrogens (tertiary/aromatic N) is 3. The Kier molecular flexibility index (Phi) is 4.31. The van der Waals surface area contributed by atoms with Gasteiger partial charge in [-0.1, -0.05) is 50.3 Å². The summed E-state index contributed by atoms with van der Waals surface area (Å²) in [4.78, 5) is 11.2. The molecule has 3 rings (SSSR count). The lowest BCUT2D eigenvalue weighted by atomic mass is 9.87. The third-order valence-electron chi connectivity index (χ3n) is 4.30. The summed E-state index contributed by atoms with van der Waals surface area (Å²) in [6, 6.07) is 8.53. The lowest BCUT2D eigenvalue weighted by Gasteiger charge is -2.19. The minimum atomic E-state index is -0.0703. The van der Waals surface area contributed by atoms with Gasteiger partial charge < -0.3 is 4.74 Å². The molecule has 1 aliphatic rings. The second-order valence-electron chi connectivity index (χ2n) is 7.08. The highest BCUT2D eigenvalue weighted by Gasteiger charge is 2.26. The third kappa shape index (κ3) is 3.34. The third-order valence-corrected chi connectivity index (χ3v) is 4.30. The van der Waals surface area contributed by atoms with Gasteiger partial charge in [-0.3, -0.25) is 4.79 Å². The SMILES string of the molecule is CC(C)(C)c1ccc(Cn2nnc(C=O)c2C2CCCO2)cc1. The molecular weight excluding hydrogens is 290 g/mol. The van der Waals surface area contributed by atoms with Crippen LogP contribution in [0.1, 0.15) is 67.0 Å². The van der Waals surface area contributed by atoms with Crippen molar-refractivity contribution in [2.45, 2.75) is 51.7 Å². The number of aromatic nitrogens is 3. The van der Waals surface area contributed by atoms with Crippen LogP contribution in [0.15, 0.2) is 24.3 Å². The van der Waals surface area contributed by atoms with Crippen LogP contribution in [-0.4, -0.2) is 27.9 Å². The first-order chi connectivity index (χ1) is 11.0. The fourth-order valence-electron chi connectivity index (χ4n) is 2.94. The Morgan fingerprint density at radius 3 is 2.61 bits per heavy atom. The highest BCUT2D eigenvalue weighted by Crippen LogP contribution is 2.30. The maximum Gasteiger partial charge on any atom is 0.172 e. The molecule has 0 amide bonds. The van der Waals surface area contributed by atoms with E-state index < -0.39 is 0 Å². The molecule has 2 aromatic rings. The summed E-state index contributed by atoms with van der Waals surface area (Å²) in [5, 5.41) is 8.15. The standard InChI is InChI=1S/C18H23N3O2/c1-18(2,3)14-8-6-13(7-9-14)11-21-17(15(12-22)19-20-21)16-5-4-10-23-16/h6-9,12,16H,4-5,10-11H2,1-3H3. The molecule has 5 heteroatoms. The largest absolute Gasteiger partial charge is 0.372 e. The number of carbonyl (C=O) groups excluding carboxylic acids is 1. The lowest BCUT2D eigenvalue weighted by molar-refractivity contribution is 0.101. The second-order valence-corrected chi connectivity index (χ2v) is 7.08. The minimum Gasteiger partial charge on any atom is -0.372 e. The molecule has 1 aliphatic heterocycles. The van der Waals surface area contributed by atoms with Crippen molar-refractivity contribution in [1.82, 2.24) is 15.0 Å². The normalized spacial score (nSPS) is 18.3. The molecule has 1 saturated heterocycles. The Bertz CT molecular complexity index is 677. The average molecular weight is 313 g/mol. The van der Waals surface area contributed by atoms with Gasteiger partial charge in [-0.2, -0.15) is 0 Å². The van der Waals surface area contributed by atoms with Crippen molar-refractivity contribution in [3.63, 3.8) is 0 Å². The number of rotatable bonds is 4. The summed E-state index contributed by atoms with van der Waals surface area (Å²) in [6.07, 6.45) is 2.62. The van der Waals surface area contributed by atoms with Crippen LogP contribution in [0, 0.1) is 0 Å². The smallest absolute Gasteiger partial charge is 0.172 e. The zero-order valence-electron chi connectivity index (χ0n) is 14.0. The molecule has 0 saturated carbocycles. The number of carbonyl (C=O) groups is 1. The van der Waals surface area contributed by atoms with Gasteiger partial charge in [0.2, 0.25) is 0 Å². The summed E-state index contributed by atoms with van der Waals surface area (Å²) in [5.74, 6) is 0. The highest BCUT2D eigenvalue weighted by molar-refractivity contribution is 5.73. The molecule has 1 aromatic carbocycles. The van der Waals surface area contributed by atoms with Crippen LogP contribution in [0.4, 0.5) is 0 Å². The van der Waals surface area contributed by atoms with E-state index in [1.807, 2.05) is 0 Å². The van der Waals surface area contributed by atoms with Crippen molar-refractivity contribution in [2.75, 3.05) is 6.61 Å². The van der Waals surface area contributed by atoms with Crippen molar-refractivity contribution >= 4 is 6.29 Å². The highest BCUT2D eigenvalue weighted by atomic mass is 16.5. The minimum absolute atomic E-state index is 0.0703. The van der Waals surface area contributed by atoms with Gasteiger partial charge in [0.05, 0.1) is 12.2 Å². The second kappa shape index (κ2) is 6.24. The van der Waals surface area contributed by atoms with E-state index in [1.54, 1.807) is 4.68 Å². The van der Waals surface area contributed by atoms with Crippen LogP contribution in [-0.2, 0) is 16.7 Å². The molecule has 1 atom stereocenters. The molecule has 0 spiro atoms.